The van der Waals surface area contributed by atoms with Gasteiger partial charge in [0.05, 0.1) is 0 Å². The predicted octanol–water partition coefficient (Wildman–Crippen LogP) is -8.99. The molecule has 0 bridgehead atoms. The van der Waals surface area contributed by atoms with Crippen LogP contribution in [0.15, 0.2) is 0 Å². The summed E-state index contributed by atoms with van der Waals surface area (Å²) in [5.41, 5.74) is 0. The fourth-order valence-electron chi connectivity index (χ4n) is 0. The van der Waals surface area contributed by atoms with E-state index in [1.54, 1.807) is 0 Å². The number of halogens is 3. The molecule has 0 aliphatic rings. The zero-order valence-corrected chi connectivity index (χ0v) is 4.48. The normalized spacial score (nSPS) is 0. The summed E-state index contributed by atoms with van der Waals surface area (Å²) in [5.74, 6) is 0. The van der Waals surface area contributed by atoms with Gasteiger partial charge in [-0.15, -0.1) is 0 Å². The standard InChI is InChI=1S/3FH.W/h3*1H;/p-3. The van der Waals surface area contributed by atoms with Crippen LogP contribution >= 0.6 is 0 Å². The van der Waals surface area contributed by atoms with Gasteiger partial charge in [-0.3, -0.25) is 0 Å². The molecule has 30 valence electrons. The van der Waals surface area contributed by atoms with Gasteiger partial charge in [-0.05, 0) is 0 Å². The second-order valence-electron chi connectivity index (χ2n) is 0. The van der Waals surface area contributed by atoms with Crippen molar-refractivity contribution in [3.63, 3.8) is 0 Å². The predicted molar refractivity (Wildman–Crippen MR) is 0 cm³/mol. The average Bonchev–Trinajstić information content (AvgIpc) is 0. The molecular weight excluding hydrogens is 241 g/mol. The topological polar surface area (TPSA) is 0 Å². The maximum atomic E-state index is 0. The molecule has 0 saturated heterocycles. The van der Waals surface area contributed by atoms with Crippen LogP contribution < -0.4 is 14.1 Å². The first-order valence-electron chi connectivity index (χ1n) is 0. The van der Waals surface area contributed by atoms with Crippen LogP contribution in [0.1, 0.15) is 0 Å². The van der Waals surface area contributed by atoms with Crippen LogP contribution in [0.4, 0.5) is 0 Å². The van der Waals surface area contributed by atoms with Gasteiger partial charge in [0.2, 0.25) is 0 Å². The van der Waals surface area contributed by atoms with Crippen molar-refractivity contribution in [1.82, 2.24) is 0 Å². The maximum Gasteiger partial charge on any atom is 0 e. The molecular formula is F3W-3. The monoisotopic (exact) mass is 241 g/mol. The third-order valence-electron chi connectivity index (χ3n) is 0. The first kappa shape index (κ1) is 237. The quantitative estimate of drug-likeness (QED) is 0.395. The molecule has 0 rings (SSSR count). The third kappa shape index (κ3) is 23.7. The van der Waals surface area contributed by atoms with Crippen molar-refractivity contribution in [2.24, 2.45) is 0 Å². The zero-order chi connectivity index (χ0) is 0. The third-order valence-corrected chi connectivity index (χ3v) is 0. The summed E-state index contributed by atoms with van der Waals surface area (Å²) in [6.07, 6.45) is 0. The van der Waals surface area contributed by atoms with E-state index in [2.05, 4.69) is 0 Å². The van der Waals surface area contributed by atoms with E-state index in [1.165, 1.54) is 0 Å². The van der Waals surface area contributed by atoms with Gasteiger partial charge in [0, 0.05) is 21.1 Å². The van der Waals surface area contributed by atoms with E-state index >= 15 is 0 Å². The Morgan fingerprint density at radius 2 is 0.500 bits per heavy atom. The molecule has 4 heteroatoms. The molecule has 0 atom stereocenters. The summed E-state index contributed by atoms with van der Waals surface area (Å²) in [6.45, 7) is 0. The van der Waals surface area contributed by atoms with E-state index in [1.807, 2.05) is 0 Å². The molecule has 0 aromatic rings. The largest absolute Gasteiger partial charge is 1.00 e. The van der Waals surface area contributed by atoms with E-state index < -0.39 is 0 Å². The Balaban J connectivity index is 0. The fraction of sp³-hybridized carbons (Fsp3) is 0. The van der Waals surface area contributed by atoms with Crippen molar-refractivity contribution >= 4 is 0 Å². The SMILES string of the molecule is [F-].[F-].[F-].[W]. The molecule has 0 heterocycles. The Morgan fingerprint density at radius 3 is 0.500 bits per heavy atom. The number of hydrogen-bond acceptors (Lipinski definition) is 0. The van der Waals surface area contributed by atoms with E-state index in [9.17, 15) is 0 Å². The maximum absolute atomic E-state index is 0. The van der Waals surface area contributed by atoms with Gasteiger partial charge in [-0.25, -0.2) is 0 Å². The van der Waals surface area contributed by atoms with Crippen LogP contribution in [0.3, 0.4) is 0 Å². The Bertz CT molecular complexity index is 3.25. The molecule has 0 aliphatic heterocycles. The molecule has 0 amide bonds. The molecule has 0 radical (unpaired) electrons. The second-order valence-corrected chi connectivity index (χ2v) is 0. The molecule has 0 fully saturated rings. The minimum atomic E-state index is 0. The van der Waals surface area contributed by atoms with Crippen molar-refractivity contribution in [2.45, 2.75) is 0 Å². The van der Waals surface area contributed by atoms with E-state index in [0.29, 0.717) is 0 Å². The van der Waals surface area contributed by atoms with Crippen LogP contribution in [-0.2, 0) is 21.1 Å². The van der Waals surface area contributed by atoms with Gasteiger partial charge in [0.1, 0.15) is 0 Å². The fourth-order valence-corrected chi connectivity index (χ4v) is 0. The van der Waals surface area contributed by atoms with Gasteiger partial charge in [-0.2, -0.15) is 0 Å². The van der Waals surface area contributed by atoms with Crippen LogP contribution in [0.5, 0.6) is 0 Å². The van der Waals surface area contributed by atoms with Crippen LogP contribution in [0.2, 0.25) is 0 Å². The van der Waals surface area contributed by atoms with Gasteiger partial charge < -0.3 is 14.1 Å². The van der Waals surface area contributed by atoms with Gasteiger partial charge in [0.15, 0.2) is 0 Å². The molecule has 0 nitrogen and oxygen atoms in total. The first-order chi connectivity index (χ1) is 0. The summed E-state index contributed by atoms with van der Waals surface area (Å²) < 4.78 is 0. The van der Waals surface area contributed by atoms with Gasteiger partial charge >= 0.3 is 0 Å². The smallest absolute Gasteiger partial charge is 0 e. The van der Waals surface area contributed by atoms with Crippen molar-refractivity contribution in [2.75, 3.05) is 0 Å². The summed E-state index contributed by atoms with van der Waals surface area (Å²) in [5, 5.41) is 0. The molecule has 0 aromatic heterocycles. The summed E-state index contributed by atoms with van der Waals surface area (Å²) >= 11 is 0. The molecule has 0 spiro atoms. The van der Waals surface area contributed by atoms with Crippen molar-refractivity contribution in [3.05, 3.63) is 0 Å². The summed E-state index contributed by atoms with van der Waals surface area (Å²) in [7, 11) is 0. The van der Waals surface area contributed by atoms with E-state index in [-0.39, 0.29) is 35.2 Å². The van der Waals surface area contributed by atoms with Crippen molar-refractivity contribution in [1.29, 1.82) is 0 Å². The Hall–Kier alpha value is 0.478. The molecule has 4 heavy (non-hydrogen) atoms. The first-order valence-corrected chi connectivity index (χ1v) is 0. The van der Waals surface area contributed by atoms with Gasteiger partial charge in [0.25, 0.3) is 0 Å². The van der Waals surface area contributed by atoms with Crippen LogP contribution in [0.25, 0.3) is 0 Å². The molecule has 0 saturated carbocycles. The molecule has 0 unspecified atom stereocenters. The van der Waals surface area contributed by atoms with E-state index in [4.69, 9.17) is 0 Å². The number of rotatable bonds is 0. The van der Waals surface area contributed by atoms with Crippen molar-refractivity contribution < 1.29 is 35.2 Å². The molecule has 0 aromatic carbocycles. The van der Waals surface area contributed by atoms with Crippen molar-refractivity contribution in [3.8, 4) is 0 Å². The number of hydrogen-bond donors (Lipinski definition) is 0. The zero-order valence-electron chi connectivity index (χ0n) is 1.54. The summed E-state index contributed by atoms with van der Waals surface area (Å²) in [6, 6.07) is 0. The van der Waals surface area contributed by atoms with Gasteiger partial charge in [-0.1, -0.05) is 0 Å². The summed E-state index contributed by atoms with van der Waals surface area (Å²) in [4.78, 5) is 0. The van der Waals surface area contributed by atoms with E-state index in [0.717, 1.165) is 0 Å². The second kappa shape index (κ2) is 93.4. The Labute approximate surface area is 35.9 Å². The van der Waals surface area contributed by atoms with Crippen LogP contribution in [-0.4, -0.2) is 0 Å². The minimum absolute atomic E-state index is 0. The molecule has 0 aliphatic carbocycles. The Morgan fingerprint density at radius 1 is 0.500 bits per heavy atom. The van der Waals surface area contributed by atoms with Crippen LogP contribution in [0, 0.1) is 0 Å². The minimum Gasteiger partial charge on any atom is -1.00 e. The average molecular weight is 241 g/mol. The molecule has 0 N–H and O–H groups in total. The Kier molecular flexibility index (Phi) is 5530.